The number of carbonyl (C=O) groups is 1. The fourth-order valence-electron chi connectivity index (χ4n) is 2.02. The SMILES string of the molecule is O=C(O)c1ccc(F)c(C2=NC(c3ccc(F)cc3)ON2)c1. The maximum atomic E-state index is 13.8. The maximum Gasteiger partial charge on any atom is 0.335 e. The molecule has 0 radical (unpaired) electrons. The number of hydroxylamine groups is 1. The van der Waals surface area contributed by atoms with Gasteiger partial charge in [0.2, 0.25) is 6.23 Å². The minimum absolute atomic E-state index is 0.00971. The van der Waals surface area contributed by atoms with Crippen molar-refractivity contribution in [3.05, 3.63) is 70.8 Å². The minimum atomic E-state index is -1.17. The quantitative estimate of drug-likeness (QED) is 0.914. The van der Waals surface area contributed by atoms with Crippen LogP contribution in [0.3, 0.4) is 0 Å². The third kappa shape index (κ3) is 2.66. The first-order valence-corrected chi connectivity index (χ1v) is 6.33. The van der Waals surface area contributed by atoms with Gasteiger partial charge >= 0.3 is 5.97 Å². The summed E-state index contributed by atoms with van der Waals surface area (Å²) in [5, 5.41) is 8.95. The van der Waals surface area contributed by atoms with Crippen LogP contribution in [0.5, 0.6) is 0 Å². The number of amidine groups is 1. The van der Waals surface area contributed by atoms with E-state index in [0.29, 0.717) is 5.56 Å². The molecule has 0 saturated heterocycles. The number of nitrogens with one attached hydrogen (secondary N) is 1. The molecule has 1 aliphatic heterocycles. The lowest BCUT2D eigenvalue weighted by Crippen LogP contribution is -2.20. The summed E-state index contributed by atoms with van der Waals surface area (Å²) in [7, 11) is 0. The van der Waals surface area contributed by atoms with Crippen LogP contribution in [0.25, 0.3) is 0 Å². The van der Waals surface area contributed by atoms with Crippen molar-refractivity contribution in [3.63, 3.8) is 0 Å². The van der Waals surface area contributed by atoms with Crippen molar-refractivity contribution in [1.29, 1.82) is 0 Å². The molecular formula is C15H10F2N2O3. The number of aliphatic imine (C=N–C) groups is 1. The molecule has 3 rings (SSSR count). The van der Waals surface area contributed by atoms with Crippen molar-refractivity contribution >= 4 is 11.8 Å². The summed E-state index contributed by atoms with van der Waals surface area (Å²) in [6, 6.07) is 8.90. The lowest BCUT2D eigenvalue weighted by Gasteiger charge is -2.05. The highest BCUT2D eigenvalue weighted by Crippen LogP contribution is 2.24. The van der Waals surface area contributed by atoms with E-state index in [0.717, 1.165) is 12.1 Å². The van der Waals surface area contributed by atoms with Crippen molar-refractivity contribution in [2.45, 2.75) is 6.23 Å². The predicted molar refractivity (Wildman–Crippen MR) is 73.3 cm³/mol. The molecule has 2 aromatic carbocycles. The molecule has 0 fully saturated rings. The Morgan fingerprint density at radius 1 is 1.18 bits per heavy atom. The molecule has 0 bridgehead atoms. The first-order chi connectivity index (χ1) is 10.5. The van der Waals surface area contributed by atoms with Gasteiger partial charge in [0, 0.05) is 5.56 Å². The van der Waals surface area contributed by atoms with E-state index in [1.807, 2.05) is 0 Å². The van der Waals surface area contributed by atoms with Crippen LogP contribution in [-0.2, 0) is 4.84 Å². The van der Waals surface area contributed by atoms with Gasteiger partial charge in [0.1, 0.15) is 11.6 Å². The van der Waals surface area contributed by atoms with E-state index in [4.69, 9.17) is 9.94 Å². The van der Waals surface area contributed by atoms with Gasteiger partial charge in [0.15, 0.2) is 5.84 Å². The third-order valence-corrected chi connectivity index (χ3v) is 3.14. The van der Waals surface area contributed by atoms with Crippen LogP contribution < -0.4 is 5.48 Å². The Morgan fingerprint density at radius 3 is 2.59 bits per heavy atom. The van der Waals surface area contributed by atoms with Gasteiger partial charge in [-0.05, 0) is 30.3 Å². The van der Waals surface area contributed by atoms with Crippen LogP contribution in [0.15, 0.2) is 47.5 Å². The fourth-order valence-corrected chi connectivity index (χ4v) is 2.02. The first-order valence-electron chi connectivity index (χ1n) is 6.33. The van der Waals surface area contributed by atoms with E-state index in [1.165, 1.54) is 30.3 Å². The Hall–Kier alpha value is -2.80. The zero-order valence-electron chi connectivity index (χ0n) is 11.1. The number of carboxylic acids is 1. The second kappa shape index (κ2) is 5.53. The molecule has 7 heteroatoms. The number of aromatic carboxylic acids is 1. The van der Waals surface area contributed by atoms with Crippen molar-refractivity contribution in [1.82, 2.24) is 5.48 Å². The van der Waals surface area contributed by atoms with Gasteiger partial charge in [-0.1, -0.05) is 12.1 Å². The minimum Gasteiger partial charge on any atom is -0.478 e. The van der Waals surface area contributed by atoms with Crippen LogP contribution in [0.1, 0.15) is 27.7 Å². The average molecular weight is 304 g/mol. The third-order valence-electron chi connectivity index (χ3n) is 3.14. The topological polar surface area (TPSA) is 70.9 Å². The fraction of sp³-hybridized carbons (Fsp3) is 0.0667. The molecule has 1 atom stereocenters. The number of halogens is 2. The molecule has 0 saturated carbocycles. The number of hydrogen-bond donors (Lipinski definition) is 2. The van der Waals surface area contributed by atoms with Crippen LogP contribution in [0, 0.1) is 11.6 Å². The summed E-state index contributed by atoms with van der Waals surface area (Å²) in [6.45, 7) is 0. The molecule has 0 amide bonds. The first kappa shape index (κ1) is 14.2. The average Bonchev–Trinajstić information content (AvgIpc) is 2.98. The van der Waals surface area contributed by atoms with Crippen LogP contribution in [0.4, 0.5) is 8.78 Å². The lowest BCUT2D eigenvalue weighted by atomic mass is 10.1. The summed E-state index contributed by atoms with van der Waals surface area (Å²) in [6.07, 6.45) is -0.761. The molecule has 1 aliphatic rings. The molecule has 1 unspecified atom stereocenters. The summed E-state index contributed by atoms with van der Waals surface area (Å²) in [4.78, 5) is 20.3. The monoisotopic (exact) mass is 304 g/mol. The second-order valence-corrected chi connectivity index (χ2v) is 4.60. The van der Waals surface area contributed by atoms with Crippen LogP contribution >= 0.6 is 0 Å². The van der Waals surface area contributed by atoms with Crippen LogP contribution in [-0.4, -0.2) is 16.9 Å². The Balaban J connectivity index is 1.93. The molecule has 112 valence electrons. The molecule has 0 aromatic heterocycles. The molecule has 0 spiro atoms. The van der Waals surface area contributed by atoms with E-state index in [2.05, 4.69) is 10.5 Å². The highest BCUT2D eigenvalue weighted by Gasteiger charge is 2.23. The van der Waals surface area contributed by atoms with Crippen LogP contribution in [0.2, 0.25) is 0 Å². The lowest BCUT2D eigenvalue weighted by molar-refractivity contribution is 0.0376. The standard InChI is InChI=1S/C15H10F2N2O3/c16-10-4-1-8(2-5-10)14-18-13(19-22-14)11-7-9(15(20)21)3-6-12(11)17/h1-7,14H,(H,18,19)(H,20,21). The molecule has 0 aliphatic carbocycles. The number of hydrogen-bond acceptors (Lipinski definition) is 4. The normalized spacial score (nSPS) is 17.0. The molecule has 22 heavy (non-hydrogen) atoms. The van der Waals surface area contributed by atoms with E-state index in [9.17, 15) is 13.6 Å². The van der Waals surface area contributed by atoms with E-state index in [-0.39, 0.29) is 22.8 Å². The highest BCUT2D eigenvalue weighted by molar-refractivity contribution is 6.01. The second-order valence-electron chi connectivity index (χ2n) is 4.60. The van der Waals surface area contributed by atoms with Gasteiger partial charge < -0.3 is 5.11 Å². The summed E-state index contributed by atoms with van der Waals surface area (Å²) >= 11 is 0. The zero-order chi connectivity index (χ0) is 15.7. The van der Waals surface area contributed by atoms with E-state index in [1.54, 1.807) is 0 Å². The highest BCUT2D eigenvalue weighted by atomic mass is 19.1. The molecule has 2 aromatic rings. The van der Waals surface area contributed by atoms with Gasteiger partial charge in [0.05, 0.1) is 11.1 Å². The Bertz CT molecular complexity index is 760. The van der Waals surface area contributed by atoms with Gasteiger partial charge in [-0.25, -0.2) is 28.9 Å². The van der Waals surface area contributed by atoms with E-state index >= 15 is 0 Å². The predicted octanol–water partition coefficient (Wildman–Crippen LogP) is 2.64. The Kier molecular flexibility index (Phi) is 3.56. The number of nitrogens with zero attached hydrogens (tertiary/aromatic N) is 1. The van der Waals surface area contributed by atoms with E-state index < -0.39 is 18.0 Å². The Labute approximate surface area is 123 Å². The van der Waals surface area contributed by atoms with Crippen molar-refractivity contribution in [3.8, 4) is 0 Å². The zero-order valence-corrected chi connectivity index (χ0v) is 11.1. The van der Waals surface area contributed by atoms with Crippen molar-refractivity contribution in [2.24, 2.45) is 4.99 Å². The Morgan fingerprint density at radius 2 is 1.91 bits per heavy atom. The summed E-state index contributed by atoms with van der Waals surface area (Å²) in [5.74, 6) is -2.11. The number of benzene rings is 2. The van der Waals surface area contributed by atoms with Gasteiger partial charge in [-0.15, -0.1) is 0 Å². The number of rotatable bonds is 3. The van der Waals surface area contributed by atoms with Gasteiger partial charge in [-0.2, -0.15) is 0 Å². The van der Waals surface area contributed by atoms with Gasteiger partial charge in [-0.3, -0.25) is 0 Å². The molecular weight excluding hydrogens is 294 g/mol. The van der Waals surface area contributed by atoms with Crippen molar-refractivity contribution in [2.75, 3.05) is 0 Å². The van der Waals surface area contributed by atoms with Gasteiger partial charge in [0.25, 0.3) is 0 Å². The van der Waals surface area contributed by atoms with Crippen molar-refractivity contribution < 1.29 is 23.5 Å². The smallest absolute Gasteiger partial charge is 0.335 e. The summed E-state index contributed by atoms with van der Waals surface area (Å²) < 4.78 is 26.7. The summed E-state index contributed by atoms with van der Waals surface area (Å²) in [5.41, 5.74) is 2.98. The molecule has 1 heterocycles. The maximum absolute atomic E-state index is 13.8. The number of carboxylic acid groups (broad SMARTS) is 1. The largest absolute Gasteiger partial charge is 0.478 e. The molecule has 5 nitrogen and oxygen atoms in total. The molecule has 2 N–H and O–H groups in total.